The molecular weight excluding hydrogens is 289 g/mol. The second-order valence-corrected chi connectivity index (χ2v) is 4.50. The van der Waals surface area contributed by atoms with E-state index >= 15 is 0 Å². The fraction of sp³-hybridized carbons (Fsp3) is 0.133. The molecule has 6 nitrogen and oxygen atoms in total. The first-order valence-corrected chi connectivity index (χ1v) is 6.58. The molecule has 0 unspecified atom stereocenters. The van der Waals surface area contributed by atoms with Gasteiger partial charge >= 0.3 is 0 Å². The van der Waals surface area contributed by atoms with Crippen LogP contribution in [0.4, 0.5) is 4.39 Å². The Morgan fingerprint density at radius 3 is 2.73 bits per heavy atom. The molecule has 2 heterocycles. The topological polar surface area (TPSA) is 70.2 Å². The van der Waals surface area contributed by atoms with Crippen LogP contribution in [-0.2, 0) is 6.54 Å². The third-order valence-corrected chi connectivity index (χ3v) is 3.01. The number of hydrogen-bond acceptors (Lipinski definition) is 5. The minimum Gasteiger partial charge on any atom is -0.492 e. The van der Waals surface area contributed by atoms with Crippen molar-refractivity contribution in [2.24, 2.45) is 0 Å². The first-order chi connectivity index (χ1) is 10.7. The summed E-state index contributed by atoms with van der Waals surface area (Å²) in [5.74, 6) is 0.562. The second kappa shape index (κ2) is 6.21. The van der Waals surface area contributed by atoms with E-state index < -0.39 is 0 Å². The Bertz CT molecular complexity index is 798. The van der Waals surface area contributed by atoms with Crippen molar-refractivity contribution in [3.63, 3.8) is 0 Å². The smallest absolute Gasteiger partial charge is 0.250 e. The summed E-state index contributed by atoms with van der Waals surface area (Å²) in [6.07, 6.45) is 2.85. The summed E-state index contributed by atoms with van der Waals surface area (Å²) in [6, 6.07) is 8.75. The van der Waals surface area contributed by atoms with E-state index in [4.69, 9.17) is 9.15 Å². The second-order valence-electron chi connectivity index (χ2n) is 4.50. The molecule has 2 aromatic heterocycles. The van der Waals surface area contributed by atoms with Crippen molar-refractivity contribution in [1.82, 2.24) is 14.8 Å². The molecule has 7 heteroatoms. The van der Waals surface area contributed by atoms with Gasteiger partial charge in [0.1, 0.15) is 18.2 Å². The van der Waals surface area contributed by atoms with E-state index in [1.807, 2.05) is 0 Å². The van der Waals surface area contributed by atoms with E-state index in [9.17, 15) is 9.18 Å². The molecule has 0 amide bonds. The maximum Gasteiger partial charge on any atom is 0.250 e. The number of benzene rings is 1. The van der Waals surface area contributed by atoms with E-state index in [-0.39, 0.29) is 18.0 Å². The van der Waals surface area contributed by atoms with Gasteiger partial charge in [0.05, 0.1) is 12.1 Å². The Hall–Kier alpha value is -2.96. The molecule has 0 aliphatic heterocycles. The van der Waals surface area contributed by atoms with Crippen molar-refractivity contribution in [3.8, 4) is 17.2 Å². The molecule has 0 bridgehead atoms. The standard InChI is InChI=1S/C15H12FN3O3/c16-12-2-4-13(5-3-12)21-8-7-19-9-11(1-6-14(19)20)15-18-17-10-22-15/h1-6,9-10H,7-8H2. The third kappa shape index (κ3) is 3.20. The fourth-order valence-electron chi connectivity index (χ4n) is 1.92. The molecule has 112 valence electrons. The van der Waals surface area contributed by atoms with Gasteiger partial charge < -0.3 is 13.7 Å². The van der Waals surface area contributed by atoms with Crippen molar-refractivity contribution < 1.29 is 13.5 Å². The number of aromatic nitrogens is 3. The van der Waals surface area contributed by atoms with Crippen LogP contribution in [0.2, 0.25) is 0 Å². The van der Waals surface area contributed by atoms with E-state index in [0.29, 0.717) is 23.7 Å². The van der Waals surface area contributed by atoms with Gasteiger partial charge in [0.2, 0.25) is 12.3 Å². The molecule has 0 saturated heterocycles. The first kappa shape index (κ1) is 14.0. The highest BCUT2D eigenvalue weighted by Gasteiger charge is 2.06. The van der Waals surface area contributed by atoms with Gasteiger partial charge in [-0.1, -0.05) is 0 Å². The van der Waals surface area contributed by atoms with Crippen LogP contribution in [0.1, 0.15) is 0 Å². The predicted octanol–water partition coefficient (Wildman–Crippen LogP) is 2.12. The Labute approximate surface area is 124 Å². The average molecular weight is 301 g/mol. The largest absolute Gasteiger partial charge is 0.492 e. The van der Waals surface area contributed by atoms with Gasteiger partial charge in [-0.15, -0.1) is 10.2 Å². The molecule has 0 spiro atoms. The lowest BCUT2D eigenvalue weighted by Gasteiger charge is -2.09. The van der Waals surface area contributed by atoms with Gasteiger partial charge in [0, 0.05) is 12.3 Å². The van der Waals surface area contributed by atoms with Crippen LogP contribution in [0.3, 0.4) is 0 Å². The summed E-state index contributed by atoms with van der Waals surface area (Å²) in [5, 5.41) is 7.39. The van der Waals surface area contributed by atoms with Crippen LogP contribution in [-0.4, -0.2) is 21.4 Å². The molecule has 0 fully saturated rings. The summed E-state index contributed by atoms with van der Waals surface area (Å²) in [7, 11) is 0. The minimum absolute atomic E-state index is 0.161. The van der Waals surface area contributed by atoms with Crippen LogP contribution in [0.5, 0.6) is 5.75 Å². The monoisotopic (exact) mass is 301 g/mol. The number of hydrogen-bond donors (Lipinski definition) is 0. The Balaban J connectivity index is 1.68. The number of pyridine rings is 1. The van der Waals surface area contributed by atoms with Gasteiger partial charge in [-0.25, -0.2) is 4.39 Å². The molecule has 3 rings (SSSR count). The number of halogens is 1. The highest BCUT2D eigenvalue weighted by Crippen LogP contribution is 2.14. The van der Waals surface area contributed by atoms with E-state index in [1.165, 1.54) is 41.3 Å². The molecule has 3 aromatic rings. The van der Waals surface area contributed by atoms with Gasteiger partial charge in [-0.3, -0.25) is 4.79 Å². The molecule has 0 N–H and O–H groups in total. The van der Waals surface area contributed by atoms with Crippen molar-refractivity contribution >= 4 is 0 Å². The lowest BCUT2D eigenvalue weighted by molar-refractivity contribution is 0.296. The molecule has 0 radical (unpaired) electrons. The van der Waals surface area contributed by atoms with Crippen molar-refractivity contribution in [1.29, 1.82) is 0 Å². The van der Waals surface area contributed by atoms with E-state index in [2.05, 4.69) is 10.2 Å². The van der Waals surface area contributed by atoms with E-state index in [1.54, 1.807) is 12.3 Å². The summed E-state index contributed by atoms with van der Waals surface area (Å²) >= 11 is 0. The fourth-order valence-corrected chi connectivity index (χ4v) is 1.92. The SMILES string of the molecule is O=c1ccc(-c2nnco2)cn1CCOc1ccc(F)cc1. The highest BCUT2D eigenvalue weighted by molar-refractivity contribution is 5.49. The van der Waals surface area contributed by atoms with Gasteiger partial charge in [0.15, 0.2) is 0 Å². The lowest BCUT2D eigenvalue weighted by atomic mass is 10.3. The normalized spacial score (nSPS) is 10.6. The van der Waals surface area contributed by atoms with E-state index in [0.717, 1.165) is 0 Å². The van der Waals surface area contributed by atoms with Gasteiger partial charge in [0.25, 0.3) is 5.56 Å². The lowest BCUT2D eigenvalue weighted by Crippen LogP contribution is -2.21. The molecule has 0 aliphatic carbocycles. The summed E-state index contributed by atoms with van der Waals surface area (Å²) in [6.45, 7) is 0.622. The van der Waals surface area contributed by atoms with Crippen LogP contribution >= 0.6 is 0 Å². The quantitative estimate of drug-likeness (QED) is 0.722. The van der Waals surface area contributed by atoms with Crippen molar-refractivity contribution in [3.05, 3.63) is 65.2 Å². The Kier molecular flexibility index (Phi) is 3.95. The maximum atomic E-state index is 12.8. The van der Waals surface area contributed by atoms with Gasteiger partial charge in [-0.05, 0) is 30.3 Å². The predicted molar refractivity (Wildman–Crippen MR) is 75.9 cm³/mol. The van der Waals surface area contributed by atoms with Crippen LogP contribution in [0, 0.1) is 5.82 Å². The molecule has 0 atom stereocenters. The molecule has 0 aliphatic rings. The molecular formula is C15H12FN3O3. The zero-order valence-electron chi connectivity index (χ0n) is 11.5. The highest BCUT2D eigenvalue weighted by atomic mass is 19.1. The first-order valence-electron chi connectivity index (χ1n) is 6.58. The molecule has 0 saturated carbocycles. The van der Waals surface area contributed by atoms with Crippen LogP contribution in [0.25, 0.3) is 11.5 Å². The van der Waals surface area contributed by atoms with Gasteiger partial charge in [-0.2, -0.15) is 0 Å². The van der Waals surface area contributed by atoms with Crippen molar-refractivity contribution in [2.75, 3.05) is 6.61 Å². The Morgan fingerprint density at radius 1 is 1.18 bits per heavy atom. The zero-order chi connectivity index (χ0) is 15.4. The minimum atomic E-state index is -0.323. The third-order valence-electron chi connectivity index (χ3n) is 3.01. The maximum absolute atomic E-state index is 12.8. The molecule has 1 aromatic carbocycles. The summed E-state index contributed by atoms with van der Waals surface area (Å²) < 4.78 is 24.8. The van der Waals surface area contributed by atoms with Crippen molar-refractivity contribution in [2.45, 2.75) is 6.54 Å². The number of rotatable bonds is 5. The number of nitrogens with zero attached hydrogens (tertiary/aromatic N) is 3. The number of ether oxygens (including phenoxy) is 1. The summed E-state index contributed by atoms with van der Waals surface area (Å²) in [4.78, 5) is 11.8. The van der Waals surface area contributed by atoms with Crippen LogP contribution < -0.4 is 10.3 Å². The summed E-state index contributed by atoms with van der Waals surface area (Å²) in [5.41, 5.74) is 0.491. The molecule has 22 heavy (non-hydrogen) atoms. The average Bonchev–Trinajstić information content (AvgIpc) is 3.05. The Morgan fingerprint density at radius 2 is 2.00 bits per heavy atom. The van der Waals surface area contributed by atoms with Crippen LogP contribution in [0.15, 0.2) is 58.2 Å². The zero-order valence-corrected chi connectivity index (χ0v) is 11.5.